The molecule has 1 aliphatic carbocycles. The Kier molecular flexibility index (Phi) is 9.40. The lowest BCUT2D eigenvalue weighted by Crippen LogP contribution is -2.60. The maximum Gasteiger partial charge on any atom is 0.312 e. The number of hydrogen-bond acceptors (Lipinski definition) is 4. The van der Waals surface area contributed by atoms with Crippen LogP contribution in [-0.2, 0) is 40.6 Å². The molecular formula is C35H37NO4. The molecule has 1 fully saturated rings. The molecule has 0 saturated heterocycles. The second kappa shape index (κ2) is 13.5. The predicted molar refractivity (Wildman–Crippen MR) is 156 cm³/mol. The average Bonchev–Trinajstić information content (AvgIpc) is 2.97. The number of ether oxygens (including phenoxy) is 2. The first-order valence-corrected chi connectivity index (χ1v) is 13.9. The highest BCUT2D eigenvalue weighted by molar-refractivity contribution is 5.77. The molecule has 5 rings (SSSR count). The van der Waals surface area contributed by atoms with Gasteiger partial charge in [-0.05, 0) is 35.1 Å². The number of hydrogen-bond donors (Lipinski definition) is 1. The van der Waals surface area contributed by atoms with Crippen LogP contribution in [0.5, 0.6) is 0 Å². The average molecular weight is 536 g/mol. The van der Waals surface area contributed by atoms with Crippen molar-refractivity contribution >= 4 is 5.97 Å². The monoisotopic (exact) mass is 535 g/mol. The van der Waals surface area contributed by atoms with Crippen LogP contribution in [0.25, 0.3) is 0 Å². The molecule has 40 heavy (non-hydrogen) atoms. The second-order valence-electron chi connectivity index (χ2n) is 10.7. The Hall–Kier alpha value is -3.77. The first-order chi connectivity index (χ1) is 19.6. The third-order valence-corrected chi connectivity index (χ3v) is 7.89. The Balaban J connectivity index is 1.33. The smallest absolute Gasteiger partial charge is 0.312 e. The summed E-state index contributed by atoms with van der Waals surface area (Å²) in [5.74, 6) is -0.815. The third-order valence-electron chi connectivity index (χ3n) is 7.89. The first kappa shape index (κ1) is 27.8. The van der Waals surface area contributed by atoms with Gasteiger partial charge in [-0.25, -0.2) is 0 Å². The van der Waals surface area contributed by atoms with Crippen LogP contribution in [0.15, 0.2) is 121 Å². The molecule has 5 heteroatoms. The van der Waals surface area contributed by atoms with Gasteiger partial charge in [0, 0.05) is 19.1 Å². The molecule has 4 aromatic rings. The summed E-state index contributed by atoms with van der Waals surface area (Å²) >= 11 is 0. The van der Waals surface area contributed by atoms with Crippen molar-refractivity contribution < 1.29 is 19.4 Å². The quantitative estimate of drug-likeness (QED) is 0.194. The molecule has 4 aromatic carbocycles. The molecule has 1 unspecified atom stereocenters. The van der Waals surface area contributed by atoms with Crippen LogP contribution < -0.4 is 0 Å². The van der Waals surface area contributed by atoms with Gasteiger partial charge in [-0.2, -0.15) is 0 Å². The fourth-order valence-corrected chi connectivity index (χ4v) is 5.56. The van der Waals surface area contributed by atoms with Gasteiger partial charge in [-0.1, -0.05) is 121 Å². The molecule has 0 radical (unpaired) electrons. The Morgan fingerprint density at radius 1 is 0.700 bits per heavy atom. The van der Waals surface area contributed by atoms with Crippen LogP contribution >= 0.6 is 0 Å². The summed E-state index contributed by atoms with van der Waals surface area (Å²) in [4.78, 5) is 15.3. The summed E-state index contributed by atoms with van der Waals surface area (Å²) < 4.78 is 12.5. The highest BCUT2D eigenvalue weighted by atomic mass is 16.5. The Labute approximate surface area is 237 Å². The number of carboxylic acid groups (broad SMARTS) is 1. The zero-order valence-electron chi connectivity index (χ0n) is 22.8. The normalized spacial score (nSPS) is 19.2. The van der Waals surface area contributed by atoms with Gasteiger partial charge in [-0.15, -0.1) is 0 Å². The van der Waals surface area contributed by atoms with Crippen molar-refractivity contribution in [1.29, 1.82) is 0 Å². The SMILES string of the molecule is O=C(O)C1(C(COCc2ccccc2)OCc2ccccc2)CC(N(Cc2ccccc2)Cc2ccccc2)C1. The van der Waals surface area contributed by atoms with Crippen LogP contribution in [0.4, 0.5) is 0 Å². The van der Waals surface area contributed by atoms with Gasteiger partial charge < -0.3 is 14.6 Å². The number of rotatable bonds is 14. The Bertz CT molecular complexity index is 1270. The molecule has 1 aliphatic rings. The molecule has 206 valence electrons. The van der Waals surface area contributed by atoms with Crippen molar-refractivity contribution in [3.63, 3.8) is 0 Å². The van der Waals surface area contributed by atoms with Crippen LogP contribution in [-0.4, -0.2) is 34.7 Å². The topological polar surface area (TPSA) is 59.0 Å². The van der Waals surface area contributed by atoms with E-state index in [0.717, 1.165) is 24.2 Å². The highest BCUT2D eigenvalue weighted by Gasteiger charge is 2.57. The Morgan fingerprint density at radius 2 is 1.12 bits per heavy atom. The summed E-state index contributed by atoms with van der Waals surface area (Å²) in [7, 11) is 0. The van der Waals surface area contributed by atoms with E-state index in [1.54, 1.807) is 0 Å². The lowest BCUT2D eigenvalue weighted by atomic mass is 9.61. The lowest BCUT2D eigenvalue weighted by Gasteiger charge is -2.52. The van der Waals surface area contributed by atoms with E-state index < -0.39 is 17.5 Å². The van der Waals surface area contributed by atoms with E-state index in [0.29, 0.717) is 26.1 Å². The van der Waals surface area contributed by atoms with Crippen molar-refractivity contribution in [2.24, 2.45) is 5.41 Å². The summed E-state index contributed by atoms with van der Waals surface area (Å²) in [6, 6.07) is 40.7. The lowest BCUT2D eigenvalue weighted by molar-refractivity contribution is -0.190. The van der Waals surface area contributed by atoms with Gasteiger partial charge in [0.2, 0.25) is 0 Å². The van der Waals surface area contributed by atoms with Crippen LogP contribution in [0.1, 0.15) is 35.1 Å². The van der Waals surface area contributed by atoms with Gasteiger partial charge in [0.1, 0.15) is 0 Å². The molecule has 0 heterocycles. The van der Waals surface area contributed by atoms with Crippen molar-refractivity contribution in [3.8, 4) is 0 Å². The number of carboxylic acids is 1. The maximum absolute atomic E-state index is 12.9. The summed E-state index contributed by atoms with van der Waals surface area (Å²) in [5, 5.41) is 10.6. The van der Waals surface area contributed by atoms with Gasteiger partial charge in [0.25, 0.3) is 0 Å². The molecule has 0 aliphatic heterocycles. The molecule has 0 amide bonds. The highest BCUT2D eigenvalue weighted by Crippen LogP contribution is 2.49. The standard InChI is InChI=1S/C35H37NO4/c37-34(38)35(33(40-26-31-19-11-4-12-20-31)27-39-25-30-17-9-3-10-18-30)21-32(22-35)36(23-28-13-5-1-6-14-28)24-29-15-7-2-8-16-29/h1-20,32-33H,21-27H2,(H,37,38). The van der Waals surface area contributed by atoms with E-state index in [2.05, 4.69) is 53.4 Å². The van der Waals surface area contributed by atoms with Gasteiger partial charge in [0.05, 0.1) is 31.3 Å². The number of nitrogens with zero attached hydrogens (tertiary/aromatic N) is 1. The third kappa shape index (κ3) is 7.05. The molecule has 1 N–H and O–H groups in total. The van der Waals surface area contributed by atoms with Crippen LogP contribution in [0.3, 0.4) is 0 Å². The maximum atomic E-state index is 12.9. The number of benzene rings is 4. The van der Waals surface area contributed by atoms with E-state index in [4.69, 9.17) is 9.47 Å². The van der Waals surface area contributed by atoms with Gasteiger partial charge in [0.15, 0.2) is 0 Å². The molecule has 5 nitrogen and oxygen atoms in total. The van der Waals surface area contributed by atoms with Crippen molar-refractivity contribution in [2.45, 2.75) is 51.3 Å². The number of carbonyl (C=O) groups is 1. The Morgan fingerprint density at radius 3 is 1.57 bits per heavy atom. The first-order valence-electron chi connectivity index (χ1n) is 13.9. The molecule has 0 bridgehead atoms. The second-order valence-corrected chi connectivity index (χ2v) is 10.7. The molecule has 0 aromatic heterocycles. The summed E-state index contributed by atoms with van der Waals surface area (Å²) in [6.45, 7) is 2.50. The zero-order chi connectivity index (χ0) is 27.6. The van der Waals surface area contributed by atoms with Crippen LogP contribution in [0.2, 0.25) is 0 Å². The van der Waals surface area contributed by atoms with Crippen molar-refractivity contribution in [1.82, 2.24) is 4.90 Å². The predicted octanol–water partition coefficient (Wildman–Crippen LogP) is 6.72. The van der Waals surface area contributed by atoms with Gasteiger partial charge >= 0.3 is 5.97 Å². The minimum absolute atomic E-state index is 0.119. The van der Waals surface area contributed by atoms with E-state index in [-0.39, 0.29) is 12.6 Å². The number of aliphatic carboxylic acids is 1. The van der Waals surface area contributed by atoms with E-state index in [1.807, 2.05) is 72.8 Å². The molecule has 1 saturated carbocycles. The fourth-order valence-electron chi connectivity index (χ4n) is 5.56. The van der Waals surface area contributed by atoms with Crippen molar-refractivity contribution in [2.75, 3.05) is 6.61 Å². The van der Waals surface area contributed by atoms with Crippen LogP contribution in [0, 0.1) is 5.41 Å². The molecule has 0 spiro atoms. The molecule has 1 atom stereocenters. The van der Waals surface area contributed by atoms with E-state index >= 15 is 0 Å². The minimum atomic E-state index is -1.01. The van der Waals surface area contributed by atoms with E-state index in [9.17, 15) is 9.90 Å². The summed E-state index contributed by atoms with van der Waals surface area (Å²) in [5.41, 5.74) is 3.49. The van der Waals surface area contributed by atoms with E-state index in [1.165, 1.54) is 11.1 Å². The fraction of sp³-hybridized carbons (Fsp3) is 0.286. The van der Waals surface area contributed by atoms with Gasteiger partial charge in [-0.3, -0.25) is 9.69 Å². The minimum Gasteiger partial charge on any atom is -0.481 e. The summed E-state index contributed by atoms with van der Waals surface area (Å²) in [6.07, 6.45) is 0.451. The largest absolute Gasteiger partial charge is 0.481 e. The van der Waals surface area contributed by atoms with Crippen molar-refractivity contribution in [3.05, 3.63) is 144 Å². The zero-order valence-corrected chi connectivity index (χ0v) is 22.8. The molecular weight excluding hydrogens is 498 g/mol.